The molecule has 2 N–H and O–H groups in total. The van der Waals surface area contributed by atoms with Crippen molar-refractivity contribution in [2.45, 2.75) is 6.54 Å². The van der Waals surface area contributed by atoms with E-state index in [1.165, 1.54) is 3.57 Å². The van der Waals surface area contributed by atoms with Gasteiger partial charge in [0, 0.05) is 21.4 Å². The molecule has 0 atom stereocenters. The Labute approximate surface area is 120 Å². The van der Waals surface area contributed by atoms with E-state index in [4.69, 9.17) is 4.74 Å². The number of nitrogens with one attached hydrogen (secondary N) is 1. The summed E-state index contributed by atoms with van der Waals surface area (Å²) in [6.45, 7) is 0.559. The number of methoxy groups -OCH3 is 1. The van der Waals surface area contributed by atoms with E-state index in [1.54, 1.807) is 19.2 Å². The van der Waals surface area contributed by atoms with Gasteiger partial charge in [0.15, 0.2) is 0 Å². The van der Waals surface area contributed by atoms with Gasteiger partial charge in [-0.2, -0.15) is 0 Å². The zero-order valence-corrected chi connectivity index (χ0v) is 12.1. The van der Waals surface area contributed by atoms with Gasteiger partial charge in [0.25, 0.3) is 0 Å². The van der Waals surface area contributed by atoms with Crippen molar-refractivity contribution in [2.24, 2.45) is 0 Å². The fourth-order valence-electron chi connectivity index (χ4n) is 1.63. The maximum absolute atomic E-state index is 9.77. The lowest BCUT2D eigenvalue weighted by Crippen LogP contribution is -2.00. The number of aromatic hydroxyl groups is 1. The largest absolute Gasteiger partial charge is 0.508 e. The van der Waals surface area contributed by atoms with E-state index in [9.17, 15) is 5.11 Å². The smallest absolute Gasteiger partial charge is 0.120 e. The number of ether oxygens (including phenoxy) is 1. The highest BCUT2D eigenvalue weighted by molar-refractivity contribution is 14.1. The summed E-state index contributed by atoms with van der Waals surface area (Å²) in [5.74, 6) is 1.01. The van der Waals surface area contributed by atoms with E-state index >= 15 is 0 Å². The van der Waals surface area contributed by atoms with Crippen molar-refractivity contribution in [1.82, 2.24) is 0 Å². The van der Waals surface area contributed by atoms with Crippen molar-refractivity contribution in [3.05, 3.63) is 51.6 Å². The van der Waals surface area contributed by atoms with Gasteiger partial charge < -0.3 is 15.2 Å². The zero-order chi connectivity index (χ0) is 13.0. The second-order valence-corrected chi connectivity index (χ2v) is 5.10. The van der Waals surface area contributed by atoms with E-state index < -0.39 is 0 Å². The third kappa shape index (κ3) is 3.29. The lowest BCUT2D eigenvalue weighted by atomic mass is 10.2. The Kier molecular flexibility index (Phi) is 4.30. The van der Waals surface area contributed by atoms with Crippen molar-refractivity contribution in [1.29, 1.82) is 0 Å². The number of rotatable bonds is 4. The number of anilines is 1. The van der Waals surface area contributed by atoms with Crippen LogP contribution >= 0.6 is 22.6 Å². The van der Waals surface area contributed by atoms with Gasteiger partial charge >= 0.3 is 0 Å². The van der Waals surface area contributed by atoms with Gasteiger partial charge in [-0.1, -0.05) is 6.07 Å². The van der Waals surface area contributed by atoms with E-state index in [-0.39, 0.29) is 5.75 Å². The van der Waals surface area contributed by atoms with Crippen LogP contribution in [0.2, 0.25) is 0 Å². The number of hydrogen-bond donors (Lipinski definition) is 2. The molecule has 0 spiro atoms. The van der Waals surface area contributed by atoms with Crippen molar-refractivity contribution in [3.63, 3.8) is 0 Å². The summed E-state index contributed by atoms with van der Waals surface area (Å²) in [5.41, 5.74) is 1.84. The summed E-state index contributed by atoms with van der Waals surface area (Å²) in [4.78, 5) is 0. The fraction of sp³-hybridized carbons (Fsp3) is 0.143. The molecule has 0 saturated heterocycles. The maximum atomic E-state index is 9.77. The molecule has 0 fully saturated rings. The molecule has 0 bridgehead atoms. The zero-order valence-electron chi connectivity index (χ0n) is 9.98. The first kappa shape index (κ1) is 13.0. The number of hydrogen-bond acceptors (Lipinski definition) is 3. The molecule has 2 aromatic carbocycles. The summed E-state index contributed by atoms with van der Waals surface area (Å²) in [6, 6.07) is 13.3. The molecule has 0 aliphatic heterocycles. The molecule has 2 rings (SSSR count). The Hall–Kier alpha value is -1.43. The average molecular weight is 355 g/mol. The second-order valence-electron chi connectivity index (χ2n) is 3.86. The van der Waals surface area contributed by atoms with Gasteiger partial charge in [0.1, 0.15) is 11.5 Å². The van der Waals surface area contributed by atoms with Crippen LogP contribution in [0.3, 0.4) is 0 Å². The molecule has 0 heterocycles. The van der Waals surface area contributed by atoms with Gasteiger partial charge in [-0.05, 0) is 59.0 Å². The van der Waals surface area contributed by atoms with Gasteiger partial charge in [-0.15, -0.1) is 0 Å². The third-order valence-electron chi connectivity index (χ3n) is 2.59. The summed E-state index contributed by atoms with van der Waals surface area (Å²) in [6.07, 6.45) is 0. The Morgan fingerprint density at radius 2 is 2.06 bits per heavy atom. The predicted molar refractivity (Wildman–Crippen MR) is 81.1 cm³/mol. The molecule has 0 aliphatic rings. The number of phenolic OH excluding ortho intramolecular Hbond substituents is 1. The van der Waals surface area contributed by atoms with Crippen LogP contribution < -0.4 is 10.1 Å². The molecule has 0 amide bonds. The Morgan fingerprint density at radius 3 is 2.78 bits per heavy atom. The van der Waals surface area contributed by atoms with Gasteiger partial charge in [0.2, 0.25) is 0 Å². The van der Waals surface area contributed by atoms with E-state index in [1.807, 2.05) is 24.3 Å². The van der Waals surface area contributed by atoms with Gasteiger partial charge in [0.05, 0.1) is 7.11 Å². The van der Waals surface area contributed by atoms with Crippen molar-refractivity contribution >= 4 is 28.3 Å². The van der Waals surface area contributed by atoms with Crippen LogP contribution in [-0.4, -0.2) is 12.2 Å². The number of benzene rings is 2. The molecular formula is C14H14INO2. The molecule has 18 heavy (non-hydrogen) atoms. The molecule has 4 heteroatoms. The summed E-state index contributed by atoms with van der Waals surface area (Å²) < 4.78 is 6.31. The van der Waals surface area contributed by atoms with Crippen LogP contribution in [0.1, 0.15) is 5.56 Å². The van der Waals surface area contributed by atoms with Gasteiger partial charge in [-0.25, -0.2) is 0 Å². The van der Waals surface area contributed by atoms with Crippen molar-refractivity contribution in [3.8, 4) is 11.5 Å². The Bertz CT molecular complexity index is 543. The molecule has 3 nitrogen and oxygen atoms in total. The molecule has 94 valence electrons. The van der Waals surface area contributed by atoms with Gasteiger partial charge in [-0.3, -0.25) is 0 Å². The van der Waals surface area contributed by atoms with E-state index in [2.05, 4.69) is 34.0 Å². The normalized spacial score (nSPS) is 10.1. The molecule has 0 aliphatic carbocycles. The average Bonchev–Trinajstić information content (AvgIpc) is 2.38. The predicted octanol–water partition coefficient (Wildman–Crippen LogP) is 3.62. The molecule has 0 saturated carbocycles. The summed E-state index contributed by atoms with van der Waals surface area (Å²) >= 11 is 2.27. The SMILES string of the molecule is COc1ccc(O)c(CNc2cccc(I)c2)c1. The first-order valence-electron chi connectivity index (χ1n) is 5.54. The minimum absolute atomic E-state index is 0.272. The second kappa shape index (κ2) is 5.95. The first-order chi connectivity index (χ1) is 8.69. The molecular weight excluding hydrogens is 341 g/mol. The highest BCUT2D eigenvalue weighted by atomic mass is 127. The fourth-order valence-corrected chi connectivity index (χ4v) is 2.17. The summed E-state index contributed by atoms with van der Waals surface area (Å²) in [7, 11) is 1.61. The topological polar surface area (TPSA) is 41.5 Å². The molecule has 0 radical (unpaired) electrons. The van der Waals surface area contributed by atoms with Crippen molar-refractivity contribution < 1.29 is 9.84 Å². The third-order valence-corrected chi connectivity index (χ3v) is 3.27. The first-order valence-corrected chi connectivity index (χ1v) is 6.62. The molecule has 0 unspecified atom stereocenters. The molecule has 2 aromatic rings. The molecule has 0 aromatic heterocycles. The maximum Gasteiger partial charge on any atom is 0.120 e. The standard InChI is InChI=1S/C14H14INO2/c1-18-13-5-6-14(17)10(7-13)9-16-12-4-2-3-11(15)8-12/h2-8,16-17H,9H2,1H3. The minimum atomic E-state index is 0.272. The quantitative estimate of drug-likeness (QED) is 0.824. The van der Waals surface area contributed by atoms with E-state index in [0.29, 0.717) is 6.54 Å². The Balaban J connectivity index is 2.10. The van der Waals surface area contributed by atoms with Crippen LogP contribution in [0.5, 0.6) is 11.5 Å². The Morgan fingerprint density at radius 1 is 1.22 bits per heavy atom. The number of phenols is 1. The lowest BCUT2D eigenvalue weighted by Gasteiger charge is -2.10. The number of halogens is 1. The minimum Gasteiger partial charge on any atom is -0.508 e. The van der Waals surface area contributed by atoms with Crippen LogP contribution in [-0.2, 0) is 6.54 Å². The highest BCUT2D eigenvalue weighted by Crippen LogP contribution is 2.24. The van der Waals surface area contributed by atoms with E-state index in [0.717, 1.165) is 17.0 Å². The van der Waals surface area contributed by atoms with Crippen LogP contribution in [0.4, 0.5) is 5.69 Å². The van der Waals surface area contributed by atoms with Crippen LogP contribution in [0, 0.1) is 3.57 Å². The van der Waals surface area contributed by atoms with Crippen molar-refractivity contribution in [2.75, 3.05) is 12.4 Å². The monoisotopic (exact) mass is 355 g/mol. The summed E-state index contributed by atoms with van der Waals surface area (Å²) in [5, 5.41) is 13.0. The van der Waals surface area contributed by atoms with Crippen LogP contribution in [0.25, 0.3) is 0 Å². The highest BCUT2D eigenvalue weighted by Gasteiger charge is 2.03. The van der Waals surface area contributed by atoms with Crippen LogP contribution in [0.15, 0.2) is 42.5 Å². The lowest BCUT2D eigenvalue weighted by molar-refractivity contribution is 0.411.